The molecule has 5 rings (SSSR count). The average molecular weight is 470 g/mol. The Hall–Kier alpha value is -3.31. The normalized spacial score (nSPS) is 24.4. The van der Waals surface area contributed by atoms with Crippen molar-refractivity contribution in [1.29, 1.82) is 0 Å². The van der Waals surface area contributed by atoms with Gasteiger partial charge in [0.15, 0.2) is 0 Å². The van der Waals surface area contributed by atoms with Crippen LogP contribution in [0.4, 0.5) is 4.79 Å². The molecule has 2 aliphatic heterocycles. The minimum absolute atomic E-state index is 0.0105. The van der Waals surface area contributed by atoms with E-state index in [4.69, 9.17) is 4.74 Å². The zero-order valence-electron chi connectivity index (χ0n) is 19.0. The number of imide groups is 1. The zero-order chi connectivity index (χ0) is 23.5. The Bertz CT molecular complexity index is 1180. The largest absolute Gasteiger partial charge is 0.447 e. The Labute approximate surface area is 204 Å². The lowest BCUT2D eigenvalue weighted by Crippen LogP contribution is -2.47. The van der Waals surface area contributed by atoms with Crippen LogP contribution in [0.25, 0.3) is 4.91 Å². The molecule has 3 aromatic rings. The average Bonchev–Trinajstić information content (AvgIpc) is 3.24. The van der Waals surface area contributed by atoms with Crippen molar-refractivity contribution in [1.82, 2.24) is 4.90 Å². The van der Waals surface area contributed by atoms with E-state index in [9.17, 15) is 9.59 Å². The minimum Gasteiger partial charge on any atom is -0.447 e. The van der Waals surface area contributed by atoms with Crippen LogP contribution in [-0.4, -0.2) is 34.8 Å². The topological polar surface area (TPSA) is 46.6 Å². The van der Waals surface area contributed by atoms with Gasteiger partial charge in [-0.3, -0.25) is 4.79 Å². The van der Waals surface area contributed by atoms with E-state index in [1.54, 1.807) is 11.8 Å². The first kappa shape index (κ1) is 22.5. The first-order valence-electron chi connectivity index (χ1n) is 11.6. The molecule has 2 heterocycles. The van der Waals surface area contributed by atoms with E-state index in [0.717, 1.165) is 21.6 Å². The summed E-state index contributed by atoms with van der Waals surface area (Å²) in [6.45, 7) is 2.32. The minimum atomic E-state index is -0.534. The van der Waals surface area contributed by atoms with Gasteiger partial charge in [-0.05, 0) is 23.1 Å². The highest BCUT2D eigenvalue weighted by molar-refractivity contribution is 8.08. The maximum absolute atomic E-state index is 14.0. The fourth-order valence-corrected chi connectivity index (χ4v) is 6.23. The molecule has 0 bridgehead atoms. The molecule has 172 valence electrons. The van der Waals surface area contributed by atoms with Gasteiger partial charge in [0, 0.05) is 16.1 Å². The molecule has 2 aliphatic rings. The Morgan fingerprint density at radius 1 is 0.941 bits per heavy atom. The van der Waals surface area contributed by atoms with E-state index >= 15 is 0 Å². The van der Waals surface area contributed by atoms with Crippen LogP contribution in [0, 0.1) is 5.92 Å². The SMILES string of the molecule is C[C@H]1SC(c2ccccc2)=C[C@@H](c2ccccc2)[C@@H]1C(=O)N1C(=O)OC[C@@H]1Cc1ccccc1. The van der Waals surface area contributed by atoms with Crippen LogP contribution in [0.1, 0.15) is 29.5 Å². The molecule has 1 saturated heterocycles. The molecule has 0 aromatic heterocycles. The smallest absolute Gasteiger partial charge is 0.416 e. The van der Waals surface area contributed by atoms with Crippen LogP contribution in [-0.2, 0) is 16.0 Å². The molecular formula is C29H27NO3S. The third-order valence-corrected chi connectivity index (χ3v) is 7.87. The molecule has 34 heavy (non-hydrogen) atoms. The highest BCUT2D eigenvalue weighted by atomic mass is 32.2. The monoisotopic (exact) mass is 469 g/mol. The maximum atomic E-state index is 14.0. The van der Waals surface area contributed by atoms with E-state index < -0.39 is 6.09 Å². The van der Waals surface area contributed by atoms with Gasteiger partial charge >= 0.3 is 6.09 Å². The van der Waals surface area contributed by atoms with Crippen LogP contribution < -0.4 is 0 Å². The standard InChI is InChI=1S/C29H27NO3S/c1-20-27(28(31)30-24(19-33-29(30)32)17-21-11-5-2-6-12-21)25(22-13-7-3-8-14-22)18-26(34-20)23-15-9-4-10-16-23/h2-16,18,20,24-25,27H,17,19H2,1H3/t20-,24+,25+,27-/m1/s1. The van der Waals surface area contributed by atoms with E-state index in [1.165, 1.54) is 4.90 Å². The molecule has 4 atom stereocenters. The van der Waals surface area contributed by atoms with Gasteiger partial charge in [0.05, 0.1) is 12.0 Å². The van der Waals surface area contributed by atoms with Gasteiger partial charge < -0.3 is 4.74 Å². The number of hydrogen-bond donors (Lipinski definition) is 0. The highest BCUT2D eigenvalue weighted by Gasteiger charge is 2.46. The molecule has 0 radical (unpaired) electrons. The van der Waals surface area contributed by atoms with Crippen LogP contribution in [0.15, 0.2) is 97.1 Å². The van der Waals surface area contributed by atoms with Crippen molar-refractivity contribution in [2.75, 3.05) is 6.61 Å². The predicted molar refractivity (Wildman–Crippen MR) is 136 cm³/mol. The Morgan fingerprint density at radius 3 is 2.24 bits per heavy atom. The van der Waals surface area contributed by atoms with E-state index in [2.05, 4.69) is 37.3 Å². The molecule has 2 amide bonds. The number of thioether (sulfide) groups is 1. The van der Waals surface area contributed by atoms with Crippen molar-refractivity contribution >= 4 is 28.7 Å². The van der Waals surface area contributed by atoms with Crippen molar-refractivity contribution in [3.05, 3.63) is 114 Å². The van der Waals surface area contributed by atoms with Gasteiger partial charge in [0.25, 0.3) is 0 Å². The van der Waals surface area contributed by atoms with Crippen molar-refractivity contribution in [3.8, 4) is 0 Å². The molecule has 0 aliphatic carbocycles. The van der Waals surface area contributed by atoms with Gasteiger partial charge in [0.1, 0.15) is 6.61 Å². The second-order valence-electron chi connectivity index (χ2n) is 8.81. The molecule has 0 spiro atoms. The number of rotatable bonds is 5. The summed E-state index contributed by atoms with van der Waals surface area (Å²) in [6, 6.07) is 30.0. The molecule has 3 aromatic carbocycles. The Kier molecular flexibility index (Phi) is 6.54. The number of allylic oxidation sites excluding steroid dienone is 1. The van der Waals surface area contributed by atoms with Crippen LogP contribution in [0.2, 0.25) is 0 Å². The summed E-state index contributed by atoms with van der Waals surface area (Å²) < 4.78 is 5.37. The summed E-state index contributed by atoms with van der Waals surface area (Å²) in [5, 5.41) is -0.0105. The quantitative estimate of drug-likeness (QED) is 0.449. The van der Waals surface area contributed by atoms with Crippen molar-refractivity contribution in [2.24, 2.45) is 5.92 Å². The predicted octanol–water partition coefficient (Wildman–Crippen LogP) is 6.15. The third-order valence-electron chi connectivity index (χ3n) is 6.58. The summed E-state index contributed by atoms with van der Waals surface area (Å²) >= 11 is 1.70. The van der Waals surface area contributed by atoms with E-state index in [-0.39, 0.29) is 35.6 Å². The Morgan fingerprint density at radius 2 is 1.56 bits per heavy atom. The first-order valence-corrected chi connectivity index (χ1v) is 12.5. The summed E-state index contributed by atoms with van der Waals surface area (Å²) in [7, 11) is 0. The van der Waals surface area contributed by atoms with Crippen LogP contribution in [0.5, 0.6) is 0 Å². The molecule has 0 saturated carbocycles. The lowest BCUT2D eigenvalue weighted by atomic mass is 9.81. The van der Waals surface area contributed by atoms with Crippen LogP contribution >= 0.6 is 11.8 Å². The molecule has 0 unspecified atom stereocenters. The van der Waals surface area contributed by atoms with Crippen molar-refractivity contribution < 1.29 is 14.3 Å². The number of benzene rings is 3. The van der Waals surface area contributed by atoms with Gasteiger partial charge in [-0.25, -0.2) is 9.69 Å². The number of cyclic esters (lactones) is 1. The number of ether oxygens (including phenoxy) is 1. The fourth-order valence-electron chi connectivity index (χ4n) is 4.90. The van der Waals surface area contributed by atoms with E-state index in [0.29, 0.717) is 6.42 Å². The highest BCUT2D eigenvalue weighted by Crippen LogP contribution is 2.47. The van der Waals surface area contributed by atoms with Crippen molar-refractivity contribution in [3.63, 3.8) is 0 Å². The van der Waals surface area contributed by atoms with E-state index in [1.807, 2.05) is 66.7 Å². The second-order valence-corrected chi connectivity index (χ2v) is 10.2. The number of hydrogen-bond acceptors (Lipinski definition) is 4. The molecule has 4 nitrogen and oxygen atoms in total. The van der Waals surface area contributed by atoms with Gasteiger partial charge in [-0.1, -0.05) is 104 Å². The molecular weight excluding hydrogens is 442 g/mol. The van der Waals surface area contributed by atoms with Gasteiger partial charge in [-0.2, -0.15) is 0 Å². The zero-order valence-corrected chi connectivity index (χ0v) is 19.9. The third kappa shape index (κ3) is 4.53. The lowest BCUT2D eigenvalue weighted by molar-refractivity contribution is -0.133. The molecule has 5 heteroatoms. The van der Waals surface area contributed by atoms with Gasteiger partial charge in [0.2, 0.25) is 5.91 Å². The number of carbonyl (C=O) groups is 2. The number of amides is 2. The first-order chi connectivity index (χ1) is 16.6. The number of nitrogens with zero attached hydrogens (tertiary/aromatic N) is 1. The summed E-state index contributed by atoms with van der Waals surface area (Å²) in [4.78, 5) is 29.3. The lowest BCUT2D eigenvalue weighted by Gasteiger charge is -2.36. The fraction of sp³-hybridized carbons (Fsp3) is 0.241. The Balaban J connectivity index is 1.49. The van der Waals surface area contributed by atoms with Gasteiger partial charge in [-0.15, -0.1) is 11.8 Å². The summed E-state index contributed by atoms with van der Waals surface area (Å²) in [6.07, 6.45) is 2.26. The second kappa shape index (κ2) is 9.90. The maximum Gasteiger partial charge on any atom is 0.416 e. The number of carbonyl (C=O) groups excluding carboxylic acids is 2. The van der Waals surface area contributed by atoms with Crippen LogP contribution in [0.3, 0.4) is 0 Å². The molecule has 0 N–H and O–H groups in total. The summed E-state index contributed by atoms with van der Waals surface area (Å²) in [5.41, 5.74) is 3.31. The summed E-state index contributed by atoms with van der Waals surface area (Å²) in [5.74, 6) is -0.657. The van der Waals surface area contributed by atoms with Crippen molar-refractivity contribution in [2.45, 2.75) is 30.6 Å². The molecule has 1 fully saturated rings.